The van der Waals surface area contributed by atoms with Gasteiger partial charge < -0.3 is 20.6 Å². The van der Waals surface area contributed by atoms with Crippen molar-refractivity contribution in [3.8, 4) is 0 Å². The van der Waals surface area contributed by atoms with Gasteiger partial charge in [0.2, 0.25) is 0 Å². The van der Waals surface area contributed by atoms with E-state index in [1.54, 1.807) is 6.08 Å². The highest BCUT2D eigenvalue weighted by Crippen LogP contribution is 2.34. The number of nitrogens with zero attached hydrogens (tertiary/aromatic N) is 2. The number of carboxylic acids is 2. The summed E-state index contributed by atoms with van der Waals surface area (Å²) in [5, 5.41) is 14.8. The number of amides is 1. The zero-order valence-electron chi connectivity index (χ0n) is 18.0. The maximum atomic E-state index is 12.8. The number of fused-ring (bicyclic) bond motifs is 2. The van der Waals surface area contributed by atoms with Crippen molar-refractivity contribution in [1.29, 1.82) is 0 Å². The van der Waals surface area contributed by atoms with Crippen LogP contribution in [0, 0.1) is 0 Å². The molecule has 4 N–H and O–H groups in total. The molecular weight excluding hydrogens is 400 g/mol. The molecule has 8 nitrogen and oxygen atoms in total. The Hall–Kier alpha value is -2.97. The Bertz CT molecular complexity index is 794. The molecule has 2 unspecified atom stereocenters. The van der Waals surface area contributed by atoms with E-state index in [1.165, 1.54) is 18.5 Å². The number of aliphatic carboxylic acids is 2. The zero-order chi connectivity index (χ0) is 22.1. The number of hydrogen-bond donors (Lipinski definition) is 2. The maximum Gasteiger partial charge on any atom is 0.414 e. The van der Waals surface area contributed by atoms with Crippen LogP contribution in [0.3, 0.4) is 0 Å². The lowest BCUT2D eigenvalue weighted by molar-refractivity contribution is -0.159. The van der Waals surface area contributed by atoms with Crippen molar-refractivity contribution in [2.24, 2.45) is 0 Å². The normalized spacial score (nSPS) is 19.6. The monoisotopic (exact) mass is 432 g/mol. The molecule has 2 aliphatic heterocycles. The van der Waals surface area contributed by atoms with Gasteiger partial charge >= 0.3 is 11.9 Å². The molecule has 2 atom stereocenters. The summed E-state index contributed by atoms with van der Waals surface area (Å²) in [6.45, 7) is 3.00. The van der Waals surface area contributed by atoms with Crippen LogP contribution < -0.4 is 0 Å². The first-order valence-corrected chi connectivity index (χ1v) is 10.3. The highest BCUT2D eigenvalue weighted by Gasteiger charge is 2.35. The summed E-state index contributed by atoms with van der Waals surface area (Å²) in [6, 6.07) is 11.1. The first kappa shape index (κ1) is 26.1. The van der Waals surface area contributed by atoms with Crippen LogP contribution in [0.1, 0.15) is 44.6 Å². The molecule has 0 aliphatic carbocycles. The second-order valence-electron chi connectivity index (χ2n) is 7.52. The number of hydrogen-bond acceptors (Lipinski definition) is 4. The second kappa shape index (κ2) is 12.7. The minimum absolute atomic E-state index is 0. The van der Waals surface area contributed by atoms with Crippen molar-refractivity contribution in [1.82, 2.24) is 9.80 Å². The number of unbranched alkanes of at least 4 members (excludes halogenated alkanes) is 1. The van der Waals surface area contributed by atoms with Crippen LogP contribution in [0.15, 0.2) is 48.2 Å². The van der Waals surface area contributed by atoms with E-state index in [2.05, 4.69) is 24.9 Å². The largest absolute Gasteiger partial charge is 0.473 e. The van der Waals surface area contributed by atoms with Crippen molar-refractivity contribution in [3.63, 3.8) is 0 Å². The van der Waals surface area contributed by atoms with Gasteiger partial charge in [-0.1, -0.05) is 43.7 Å². The van der Waals surface area contributed by atoms with E-state index in [0.717, 1.165) is 31.4 Å². The summed E-state index contributed by atoms with van der Waals surface area (Å²) in [6.07, 6.45) is 11.6. The van der Waals surface area contributed by atoms with Crippen LogP contribution in [0.4, 0.5) is 0 Å². The highest BCUT2D eigenvalue weighted by molar-refractivity contribution is 6.27. The number of carbonyl (C=O) groups is 3. The zero-order valence-corrected chi connectivity index (χ0v) is 18.0. The summed E-state index contributed by atoms with van der Waals surface area (Å²) in [5.74, 6) is -3.53. The van der Waals surface area contributed by atoms with E-state index in [1.807, 2.05) is 41.3 Å². The smallest absolute Gasteiger partial charge is 0.414 e. The standard InChI is InChI=1S/C21H28N2O.C2H2O4.H2O/c1-3-4-14-23(20-15-18-11-12-19(16-20)22(18)2)21(24)13-10-17-8-6-5-7-9-17;3-1(4)2(5)6;/h5-10,13,15,18-19H,3-4,11-12,14,16H2,1-2H3;(H,3,4)(H,5,6);1H2/b13-10+;;. The SMILES string of the molecule is CCCCN(C(=O)/C=C/c1ccccc1)C1=CC2CCC(C1)N2C.O.O=C(O)C(=O)O. The van der Waals surface area contributed by atoms with Crippen LogP contribution in [0.2, 0.25) is 0 Å². The Morgan fingerprint density at radius 1 is 1.13 bits per heavy atom. The Labute approximate surface area is 182 Å². The van der Waals surface area contributed by atoms with Gasteiger partial charge in [-0.2, -0.15) is 0 Å². The average Bonchev–Trinajstić information content (AvgIpc) is 2.93. The number of carbonyl (C=O) groups excluding carboxylic acids is 1. The molecule has 1 fully saturated rings. The highest BCUT2D eigenvalue weighted by atomic mass is 16.4. The maximum absolute atomic E-state index is 12.8. The van der Waals surface area contributed by atoms with Crippen LogP contribution in [-0.2, 0) is 14.4 Å². The molecule has 1 aromatic carbocycles. The Morgan fingerprint density at radius 3 is 2.32 bits per heavy atom. The quantitative estimate of drug-likeness (QED) is 0.524. The first-order chi connectivity index (χ1) is 14.3. The van der Waals surface area contributed by atoms with Crippen LogP contribution in [-0.4, -0.2) is 69.0 Å². The second-order valence-corrected chi connectivity index (χ2v) is 7.52. The molecule has 1 aromatic rings. The number of rotatable bonds is 6. The minimum atomic E-state index is -1.82. The minimum Gasteiger partial charge on any atom is -0.473 e. The predicted molar refractivity (Wildman–Crippen MR) is 118 cm³/mol. The van der Waals surface area contributed by atoms with Gasteiger partial charge in [0.15, 0.2) is 0 Å². The first-order valence-electron chi connectivity index (χ1n) is 10.3. The lowest BCUT2D eigenvalue weighted by Gasteiger charge is -2.35. The van der Waals surface area contributed by atoms with E-state index < -0.39 is 11.9 Å². The van der Waals surface area contributed by atoms with Gasteiger partial charge in [0.25, 0.3) is 5.91 Å². The molecule has 0 saturated carbocycles. The Kier molecular flexibility index (Phi) is 10.6. The molecular formula is C23H32N2O6. The topological polar surface area (TPSA) is 130 Å². The van der Waals surface area contributed by atoms with E-state index in [-0.39, 0.29) is 11.4 Å². The van der Waals surface area contributed by atoms with Crippen molar-refractivity contribution in [3.05, 3.63) is 53.7 Å². The Balaban J connectivity index is 0.000000607. The summed E-state index contributed by atoms with van der Waals surface area (Å²) >= 11 is 0. The summed E-state index contributed by atoms with van der Waals surface area (Å²) in [5.41, 5.74) is 2.30. The fourth-order valence-electron chi connectivity index (χ4n) is 3.75. The number of likely N-dealkylation sites (N-methyl/N-ethyl adjacent to an activating group) is 1. The third-order valence-corrected chi connectivity index (χ3v) is 5.47. The van der Waals surface area contributed by atoms with Gasteiger partial charge in [-0.15, -0.1) is 0 Å². The predicted octanol–water partition coefficient (Wildman–Crippen LogP) is 2.41. The Morgan fingerprint density at radius 2 is 1.77 bits per heavy atom. The van der Waals surface area contributed by atoms with Crippen LogP contribution in [0.25, 0.3) is 6.08 Å². The fraction of sp³-hybridized carbons (Fsp3) is 0.435. The average molecular weight is 433 g/mol. The number of carboxylic acid groups (broad SMARTS) is 2. The van der Waals surface area contributed by atoms with Crippen LogP contribution in [0.5, 0.6) is 0 Å². The van der Waals surface area contributed by atoms with E-state index in [9.17, 15) is 4.79 Å². The molecule has 8 heteroatoms. The molecule has 0 spiro atoms. The third-order valence-electron chi connectivity index (χ3n) is 5.47. The summed E-state index contributed by atoms with van der Waals surface area (Å²) in [7, 11) is 2.21. The van der Waals surface area contributed by atoms with E-state index in [4.69, 9.17) is 19.8 Å². The molecule has 0 aromatic heterocycles. The molecule has 1 saturated heterocycles. The van der Waals surface area contributed by atoms with Crippen LogP contribution >= 0.6 is 0 Å². The van der Waals surface area contributed by atoms with Crippen molar-refractivity contribution >= 4 is 23.9 Å². The molecule has 170 valence electrons. The molecule has 2 aliphatic rings. The lowest BCUT2D eigenvalue weighted by Crippen LogP contribution is -2.40. The van der Waals surface area contributed by atoms with E-state index in [0.29, 0.717) is 12.1 Å². The lowest BCUT2D eigenvalue weighted by atomic mass is 10.1. The summed E-state index contributed by atoms with van der Waals surface area (Å²) in [4.78, 5) is 35.5. The molecule has 1 amide bonds. The van der Waals surface area contributed by atoms with Gasteiger partial charge in [0, 0.05) is 36.8 Å². The fourth-order valence-corrected chi connectivity index (χ4v) is 3.75. The van der Waals surface area contributed by atoms with Crippen molar-refractivity contribution < 1.29 is 30.1 Å². The molecule has 3 rings (SSSR count). The number of benzene rings is 1. The molecule has 2 heterocycles. The molecule has 2 bridgehead atoms. The van der Waals surface area contributed by atoms with E-state index >= 15 is 0 Å². The van der Waals surface area contributed by atoms with Gasteiger partial charge in [-0.3, -0.25) is 9.69 Å². The van der Waals surface area contributed by atoms with Crippen molar-refractivity contribution in [2.75, 3.05) is 13.6 Å². The summed E-state index contributed by atoms with van der Waals surface area (Å²) < 4.78 is 0. The van der Waals surface area contributed by atoms with Gasteiger partial charge in [-0.25, -0.2) is 9.59 Å². The molecule has 31 heavy (non-hydrogen) atoms. The molecule has 0 radical (unpaired) electrons. The van der Waals surface area contributed by atoms with Gasteiger partial charge in [0.05, 0.1) is 0 Å². The van der Waals surface area contributed by atoms with Gasteiger partial charge in [-0.05, 0) is 44.0 Å². The van der Waals surface area contributed by atoms with Gasteiger partial charge in [0.1, 0.15) is 0 Å². The third kappa shape index (κ3) is 7.66. The van der Waals surface area contributed by atoms with Crippen molar-refractivity contribution in [2.45, 2.75) is 51.1 Å².